The molecule has 1 atom stereocenters. The normalized spacial score (nSPS) is 21.8. The molecule has 0 radical (unpaired) electrons. The van der Waals surface area contributed by atoms with Crippen LogP contribution in [0, 0.1) is 6.92 Å². The zero-order valence-electron chi connectivity index (χ0n) is 20.6. The highest BCUT2D eigenvalue weighted by Gasteiger charge is 2.55. The molecule has 35 heavy (non-hydrogen) atoms. The number of likely N-dealkylation sites (N-methyl/N-ethyl adjacent to an activating group) is 1. The molecular formula is C29H31N6+. The Morgan fingerprint density at radius 2 is 1.83 bits per heavy atom. The van der Waals surface area contributed by atoms with E-state index in [-0.39, 0.29) is 5.54 Å². The van der Waals surface area contributed by atoms with E-state index in [0.29, 0.717) is 4.59 Å². The number of fused-ring (bicyclic) bond motifs is 2. The van der Waals surface area contributed by atoms with Crippen LogP contribution in [0.4, 0.5) is 5.69 Å². The summed E-state index contributed by atoms with van der Waals surface area (Å²) in [6, 6.07) is 19.4. The van der Waals surface area contributed by atoms with Gasteiger partial charge in [-0.05, 0) is 64.0 Å². The van der Waals surface area contributed by atoms with Gasteiger partial charge < -0.3 is 4.90 Å². The van der Waals surface area contributed by atoms with Gasteiger partial charge >= 0.3 is 0 Å². The predicted octanol–water partition coefficient (Wildman–Crippen LogP) is 5.67. The van der Waals surface area contributed by atoms with Crippen molar-refractivity contribution in [2.24, 2.45) is 9.98 Å². The smallest absolute Gasteiger partial charge is 0.225 e. The minimum absolute atomic E-state index is 0.0196. The van der Waals surface area contributed by atoms with Crippen molar-refractivity contribution in [3.8, 4) is 11.3 Å². The Hall–Kier alpha value is -3.61. The van der Waals surface area contributed by atoms with Crippen LogP contribution < -0.4 is 5.01 Å². The molecule has 3 heterocycles. The number of aryl methyl sites for hydroxylation is 1. The third-order valence-electron chi connectivity index (χ3n) is 7.44. The summed E-state index contributed by atoms with van der Waals surface area (Å²) >= 11 is 0. The predicted molar refractivity (Wildman–Crippen MR) is 144 cm³/mol. The van der Waals surface area contributed by atoms with Gasteiger partial charge in [-0.15, -0.1) is 4.59 Å². The molecule has 3 aliphatic rings. The minimum atomic E-state index is -0.0196. The molecule has 6 heteroatoms. The number of aromatic nitrogens is 1. The first-order valence-corrected chi connectivity index (χ1v) is 12.3. The van der Waals surface area contributed by atoms with Gasteiger partial charge in [0, 0.05) is 17.5 Å². The Labute approximate surface area is 206 Å². The van der Waals surface area contributed by atoms with E-state index in [4.69, 9.17) is 4.98 Å². The number of anilines is 1. The molecule has 2 aliphatic heterocycles. The lowest BCUT2D eigenvalue weighted by atomic mass is 9.75. The fraction of sp³-hybridized carbons (Fsp3) is 0.276. The molecular weight excluding hydrogens is 432 g/mol. The van der Waals surface area contributed by atoms with E-state index >= 15 is 0 Å². The second-order valence-corrected chi connectivity index (χ2v) is 10.2. The van der Waals surface area contributed by atoms with Gasteiger partial charge in [0.1, 0.15) is 5.54 Å². The molecule has 1 unspecified atom stereocenters. The zero-order valence-corrected chi connectivity index (χ0v) is 20.6. The molecule has 0 bridgehead atoms. The third kappa shape index (κ3) is 3.52. The topological polar surface area (TPSA) is 44.1 Å². The van der Waals surface area contributed by atoms with Gasteiger partial charge in [-0.2, -0.15) is 0 Å². The van der Waals surface area contributed by atoms with Crippen LogP contribution >= 0.6 is 0 Å². The number of nitrogens with zero attached hydrogens (tertiary/aromatic N) is 6. The number of aliphatic imine (C=N–C) groups is 2. The summed E-state index contributed by atoms with van der Waals surface area (Å²) in [5.74, 6) is 0. The van der Waals surface area contributed by atoms with E-state index in [9.17, 15) is 0 Å². The summed E-state index contributed by atoms with van der Waals surface area (Å²) in [5, 5.41) is 3.73. The lowest BCUT2D eigenvalue weighted by Crippen LogP contribution is -2.70. The molecule has 3 aromatic rings. The summed E-state index contributed by atoms with van der Waals surface area (Å²) in [4.78, 5) is 16.4. The standard InChI is InChI=1S/C29H31N6/c1-22-16-27(23-8-5-4-6-9-23)32-28-17-24(10-11-26(22)28)34(29(12-7-13-29)20-33(2)3)35-15-14-30-18-25(35)19-31-21-35/h4-6,8-11,14-19,21H,7,12-13,20H2,1-3H3/q+1. The molecule has 0 amide bonds. The second-order valence-electron chi connectivity index (χ2n) is 10.2. The monoisotopic (exact) mass is 463 g/mol. The summed E-state index contributed by atoms with van der Waals surface area (Å²) in [7, 11) is 4.33. The van der Waals surface area contributed by atoms with Gasteiger partial charge in [-0.25, -0.2) is 15.0 Å². The fourth-order valence-electron chi connectivity index (χ4n) is 5.82. The highest BCUT2D eigenvalue weighted by atomic mass is 15.8. The van der Waals surface area contributed by atoms with Crippen LogP contribution in [0.25, 0.3) is 22.2 Å². The largest absolute Gasteiger partial charge is 0.307 e. The number of benzene rings is 2. The van der Waals surface area contributed by atoms with E-state index in [1.807, 2.05) is 31.0 Å². The van der Waals surface area contributed by atoms with Crippen molar-refractivity contribution in [1.82, 2.24) is 9.88 Å². The highest BCUT2D eigenvalue weighted by molar-refractivity contribution is 5.88. The van der Waals surface area contributed by atoms with Crippen LogP contribution in [0.15, 0.2) is 88.9 Å². The summed E-state index contributed by atoms with van der Waals surface area (Å²) in [6.07, 6.45) is 13.4. The van der Waals surface area contributed by atoms with Crippen molar-refractivity contribution in [3.05, 3.63) is 84.5 Å². The molecule has 2 aromatic carbocycles. The van der Waals surface area contributed by atoms with Gasteiger partial charge in [0.15, 0.2) is 6.20 Å². The molecule has 6 nitrogen and oxygen atoms in total. The number of rotatable bonds is 6. The quantitative estimate of drug-likeness (QED) is 0.442. The number of hydrogen-bond donors (Lipinski definition) is 0. The maximum Gasteiger partial charge on any atom is 0.225 e. The fourth-order valence-corrected chi connectivity index (χ4v) is 5.82. The van der Waals surface area contributed by atoms with Crippen LogP contribution in [-0.2, 0) is 0 Å². The van der Waals surface area contributed by atoms with E-state index in [0.717, 1.165) is 47.5 Å². The zero-order chi connectivity index (χ0) is 24.0. The van der Waals surface area contributed by atoms with Crippen molar-refractivity contribution in [3.63, 3.8) is 0 Å². The van der Waals surface area contributed by atoms with E-state index in [2.05, 4.69) is 95.6 Å². The molecule has 0 N–H and O–H groups in total. The summed E-state index contributed by atoms with van der Waals surface area (Å²) in [6.45, 7) is 3.14. The molecule has 176 valence electrons. The highest BCUT2D eigenvalue weighted by Crippen LogP contribution is 2.47. The molecule has 0 spiro atoms. The Kier molecular flexibility index (Phi) is 5.16. The average Bonchev–Trinajstić information content (AvgIpc) is 3.27. The Bertz CT molecular complexity index is 1400. The molecule has 1 fully saturated rings. The number of allylic oxidation sites excluding steroid dienone is 1. The van der Waals surface area contributed by atoms with Gasteiger partial charge in [-0.1, -0.05) is 36.4 Å². The molecule has 6 rings (SSSR count). The van der Waals surface area contributed by atoms with Crippen molar-refractivity contribution in [2.45, 2.75) is 31.7 Å². The summed E-state index contributed by atoms with van der Waals surface area (Å²) in [5.41, 5.74) is 6.58. The van der Waals surface area contributed by atoms with Gasteiger partial charge in [0.05, 0.1) is 35.5 Å². The van der Waals surface area contributed by atoms with Crippen LogP contribution in [0.5, 0.6) is 0 Å². The van der Waals surface area contributed by atoms with Crippen LogP contribution in [0.3, 0.4) is 0 Å². The molecule has 1 saturated carbocycles. The maximum absolute atomic E-state index is 5.13. The first-order chi connectivity index (χ1) is 17.0. The lowest BCUT2D eigenvalue weighted by molar-refractivity contribution is -0.751. The van der Waals surface area contributed by atoms with Crippen molar-refractivity contribution >= 4 is 29.1 Å². The number of pyridine rings is 1. The molecule has 1 aliphatic carbocycles. The second kappa shape index (κ2) is 8.26. The third-order valence-corrected chi connectivity index (χ3v) is 7.44. The minimum Gasteiger partial charge on any atom is -0.307 e. The summed E-state index contributed by atoms with van der Waals surface area (Å²) < 4.78 is 0.431. The van der Waals surface area contributed by atoms with E-state index in [1.165, 1.54) is 17.4 Å². The number of quaternary nitrogens is 1. The van der Waals surface area contributed by atoms with E-state index < -0.39 is 0 Å². The molecule has 1 aromatic heterocycles. The van der Waals surface area contributed by atoms with Crippen molar-refractivity contribution in [2.75, 3.05) is 25.6 Å². The first-order valence-electron chi connectivity index (χ1n) is 12.3. The maximum atomic E-state index is 5.13. The SMILES string of the molecule is Cc1cc(-c2ccccc2)nc2cc(N(C3(CN(C)C)CCC3)[N+]34C=CN=CC3=CN=C4)ccc12. The van der Waals surface area contributed by atoms with Gasteiger partial charge in [0.25, 0.3) is 0 Å². The average molecular weight is 464 g/mol. The van der Waals surface area contributed by atoms with Gasteiger partial charge in [0.2, 0.25) is 12.0 Å². The Morgan fingerprint density at radius 3 is 2.57 bits per heavy atom. The van der Waals surface area contributed by atoms with E-state index in [1.54, 1.807) is 0 Å². The van der Waals surface area contributed by atoms with Crippen molar-refractivity contribution in [1.29, 1.82) is 0 Å². The Balaban J connectivity index is 1.54. The van der Waals surface area contributed by atoms with Crippen molar-refractivity contribution < 1.29 is 4.59 Å². The first kappa shape index (κ1) is 21.9. The van der Waals surface area contributed by atoms with Gasteiger partial charge in [-0.3, -0.25) is 4.99 Å². The van der Waals surface area contributed by atoms with Crippen LogP contribution in [0.1, 0.15) is 24.8 Å². The molecule has 0 saturated heterocycles. The van der Waals surface area contributed by atoms with Crippen LogP contribution in [0.2, 0.25) is 0 Å². The Morgan fingerprint density at radius 1 is 1.00 bits per heavy atom. The van der Waals surface area contributed by atoms with Crippen LogP contribution in [-0.4, -0.2) is 53.2 Å². The lowest BCUT2D eigenvalue weighted by Gasteiger charge is -2.55. The number of hydrogen-bond acceptors (Lipinski definition) is 5.